The van der Waals surface area contributed by atoms with Crippen molar-refractivity contribution in [1.82, 2.24) is 15.1 Å². The maximum atomic E-state index is 12.6. The van der Waals surface area contributed by atoms with Gasteiger partial charge in [-0.2, -0.15) is 5.10 Å². The number of aliphatic hydroxyl groups is 1. The Labute approximate surface area is 147 Å². The van der Waals surface area contributed by atoms with E-state index in [4.69, 9.17) is 11.6 Å². The summed E-state index contributed by atoms with van der Waals surface area (Å²) in [4.78, 5) is 12.6. The van der Waals surface area contributed by atoms with Crippen LogP contribution in [0, 0.1) is 5.92 Å². The second-order valence-corrected chi connectivity index (χ2v) is 6.80. The Balaban J connectivity index is 2.24. The quantitative estimate of drug-likeness (QED) is 0.841. The third-order valence-corrected chi connectivity index (χ3v) is 4.81. The molecule has 0 saturated heterocycles. The first kappa shape index (κ1) is 18.5. The van der Waals surface area contributed by atoms with Crippen molar-refractivity contribution in [2.45, 2.75) is 32.8 Å². The predicted octanol–water partition coefficient (Wildman–Crippen LogP) is 3.27. The molecule has 1 aromatic heterocycles. The summed E-state index contributed by atoms with van der Waals surface area (Å²) in [6.45, 7) is 5.89. The Hall–Kier alpha value is -1.85. The molecule has 1 aromatic carbocycles. The number of nitrogens with one attached hydrogen (secondary N) is 1. The summed E-state index contributed by atoms with van der Waals surface area (Å²) >= 11 is 6.23. The number of carbonyl (C=O) groups is 1. The maximum absolute atomic E-state index is 12.6. The summed E-state index contributed by atoms with van der Waals surface area (Å²) in [7, 11) is 1.76. The maximum Gasteiger partial charge on any atom is 0.255 e. The van der Waals surface area contributed by atoms with Crippen molar-refractivity contribution in [1.29, 1.82) is 0 Å². The fraction of sp³-hybridized carbons (Fsp3) is 0.444. The monoisotopic (exact) mass is 349 g/mol. The third-order valence-electron chi connectivity index (χ3n) is 4.48. The van der Waals surface area contributed by atoms with E-state index < -0.39 is 5.60 Å². The normalized spacial score (nSPS) is 14.9. The summed E-state index contributed by atoms with van der Waals surface area (Å²) in [5.74, 6) is -0.198. The third kappa shape index (κ3) is 3.97. The van der Waals surface area contributed by atoms with E-state index in [9.17, 15) is 9.90 Å². The van der Waals surface area contributed by atoms with Crippen LogP contribution in [-0.4, -0.2) is 32.9 Å². The van der Waals surface area contributed by atoms with Crippen molar-refractivity contribution >= 4 is 17.5 Å². The molecule has 0 aliphatic rings. The summed E-state index contributed by atoms with van der Waals surface area (Å²) < 4.78 is 1.58. The topological polar surface area (TPSA) is 67.2 Å². The first-order valence-electron chi connectivity index (χ1n) is 8.05. The molecule has 2 aromatic rings. The first-order chi connectivity index (χ1) is 11.3. The van der Waals surface area contributed by atoms with Gasteiger partial charge in [0.15, 0.2) is 0 Å². The van der Waals surface area contributed by atoms with Crippen molar-refractivity contribution in [2.24, 2.45) is 13.0 Å². The second-order valence-electron chi connectivity index (χ2n) is 6.39. The molecular weight excluding hydrogens is 326 g/mol. The molecule has 0 bridgehead atoms. The highest BCUT2D eigenvalue weighted by atomic mass is 35.5. The summed E-state index contributed by atoms with van der Waals surface area (Å²) in [5, 5.41) is 18.2. The number of carbonyl (C=O) groups excluding carboxylic acids is 1. The summed E-state index contributed by atoms with van der Waals surface area (Å²) in [6.07, 6.45) is 2.49. The van der Waals surface area contributed by atoms with E-state index in [2.05, 4.69) is 10.4 Å². The van der Waals surface area contributed by atoms with Gasteiger partial charge in [0.05, 0.1) is 16.2 Å². The fourth-order valence-electron chi connectivity index (χ4n) is 2.48. The van der Waals surface area contributed by atoms with Crippen LogP contribution in [0.15, 0.2) is 30.5 Å². The van der Waals surface area contributed by atoms with Crippen LogP contribution in [0.2, 0.25) is 5.02 Å². The SMILES string of the molecule is CCC(C)C(C)(O)CNC(=O)c1cn(C)nc1-c1ccccc1Cl. The lowest BCUT2D eigenvalue weighted by atomic mass is 9.88. The number of aryl methyl sites for hydroxylation is 1. The highest BCUT2D eigenvalue weighted by molar-refractivity contribution is 6.33. The Morgan fingerprint density at radius 3 is 2.75 bits per heavy atom. The van der Waals surface area contributed by atoms with Gasteiger partial charge in [0.1, 0.15) is 5.69 Å². The number of hydrogen-bond acceptors (Lipinski definition) is 3. The van der Waals surface area contributed by atoms with E-state index in [1.54, 1.807) is 30.9 Å². The number of amides is 1. The number of benzene rings is 1. The van der Waals surface area contributed by atoms with E-state index in [-0.39, 0.29) is 18.4 Å². The van der Waals surface area contributed by atoms with Crippen molar-refractivity contribution in [3.63, 3.8) is 0 Å². The first-order valence-corrected chi connectivity index (χ1v) is 8.43. The summed E-state index contributed by atoms with van der Waals surface area (Å²) in [6, 6.07) is 7.28. The van der Waals surface area contributed by atoms with Gasteiger partial charge in [0.2, 0.25) is 0 Å². The van der Waals surface area contributed by atoms with Gasteiger partial charge in [-0.3, -0.25) is 9.48 Å². The number of halogens is 1. The van der Waals surface area contributed by atoms with Crippen LogP contribution in [-0.2, 0) is 7.05 Å². The molecule has 5 nitrogen and oxygen atoms in total. The van der Waals surface area contributed by atoms with Gasteiger partial charge in [0.25, 0.3) is 5.91 Å². The second kappa shape index (κ2) is 7.36. The number of hydrogen-bond donors (Lipinski definition) is 2. The van der Waals surface area contributed by atoms with Crippen LogP contribution in [0.1, 0.15) is 37.6 Å². The lowest BCUT2D eigenvalue weighted by molar-refractivity contribution is 0.00593. The Morgan fingerprint density at radius 1 is 1.46 bits per heavy atom. The molecule has 0 saturated carbocycles. The zero-order valence-electron chi connectivity index (χ0n) is 14.5. The fourth-order valence-corrected chi connectivity index (χ4v) is 2.70. The van der Waals surface area contributed by atoms with Crippen molar-refractivity contribution in [3.8, 4) is 11.3 Å². The molecule has 2 unspecified atom stereocenters. The van der Waals surface area contributed by atoms with Gasteiger partial charge in [-0.25, -0.2) is 0 Å². The van der Waals surface area contributed by atoms with Gasteiger partial charge < -0.3 is 10.4 Å². The van der Waals surface area contributed by atoms with E-state index in [0.29, 0.717) is 21.8 Å². The average molecular weight is 350 g/mol. The average Bonchev–Trinajstić information content (AvgIpc) is 2.94. The minimum absolute atomic E-state index is 0.0785. The summed E-state index contributed by atoms with van der Waals surface area (Å²) in [5.41, 5.74) is 0.713. The molecule has 0 spiro atoms. The molecule has 130 valence electrons. The Bertz CT molecular complexity index is 725. The van der Waals surface area contributed by atoms with Gasteiger partial charge in [0, 0.05) is 25.4 Å². The Morgan fingerprint density at radius 2 is 2.12 bits per heavy atom. The van der Waals surface area contributed by atoms with E-state index in [1.807, 2.05) is 32.0 Å². The Kier molecular flexibility index (Phi) is 5.67. The zero-order valence-corrected chi connectivity index (χ0v) is 15.3. The van der Waals surface area contributed by atoms with E-state index in [1.165, 1.54) is 0 Å². The molecule has 1 heterocycles. The van der Waals surface area contributed by atoms with Crippen LogP contribution in [0.3, 0.4) is 0 Å². The molecule has 0 radical (unpaired) electrons. The molecule has 0 aliphatic heterocycles. The number of rotatable bonds is 6. The predicted molar refractivity (Wildman–Crippen MR) is 96.1 cm³/mol. The van der Waals surface area contributed by atoms with Crippen LogP contribution in [0.4, 0.5) is 0 Å². The number of aromatic nitrogens is 2. The molecule has 2 atom stereocenters. The van der Waals surface area contributed by atoms with Crippen LogP contribution in [0.5, 0.6) is 0 Å². The lowest BCUT2D eigenvalue weighted by Gasteiger charge is -2.29. The van der Waals surface area contributed by atoms with Crippen molar-refractivity contribution in [2.75, 3.05) is 6.54 Å². The van der Waals surface area contributed by atoms with E-state index >= 15 is 0 Å². The zero-order chi connectivity index (χ0) is 17.9. The minimum atomic E-state index is -0.961. The lowest BCUT2D eigenvalue weighted by Crippen LogP contribution is -2.45. The molecule has 2 N–H and O–H groups in total. The van der Waals surface area contributed by atoms with Crippen molar-refractivity contribution < 1.29 is 9.90 Å². The molecule has 6 heteroatoms. The van der Waals surface area contributed by atoms with Gasteiger partial charge in [-0.05, 0) is 18.9 Å². The van der Waals surface area contributed by atoms with Crippen LogP contribution in [0.25, 0.3) is 11.3 Å². The number of nitrogens with zero attached hydrogens (tertiary/aromatic N) is 2. The van der Waals surface area contributed by atoms with Gasteiger partial charge >= 0.3 is 0 Å². The van der Waals surface area contributed by atoms with Crippen molar-refractivity contribution in [3.05, 3.63) is 41.0 Å². The molecule has 0 aliphatic carbocycles. The van der Waals surface area contributed by atoms with Gasteiger partial charge in [-0.15, -0.1) is 0 Å². The van der Waals surface area contributed by atoms with Gasteiger partial charge in [-0.1, -0.05) is 50.1 Å². The van der Waals surface area contributed by atoms with Crippen LogP contribution < -0.4 is 5.32 Å². The minimum Gasteiger partial charge on any atom is -0.388 e. The van der Waals surface area contributed by atoms with Crippen LogP contribution >= 0.6 is 11.6 Å². The highest BCUT2D eigenvalue weighted by Crippen LogP contribution is 2.29. The molecule has 0 fully saturated rings. The standard InChI is InChI=1S/C18H24ClN3O2/c1-5-12(2)18(3,24)11-20-17(23)14-10-22(4)21-16(14)13-8-6-7-9-15(13)19/h6-10,12,24H,5,11H2,1-4H3,(H,20,23). The molecule has 2 rings (SSSR count). The largest absolute Gasteiger partial charge is 0.388 e. The molecular formula is C18H24ClN3O2. The molecule has 24 heavy (non-hydrogen) atoms. The van der Waals surface area contributed by atoms with E-state index in [0.717, 1.165) is 6.42 Å². The smallest absolute Gasteiger partial charge is 0.255 e. The highest BCUT2D eigenvalue weighted by Gasteiger charge is 2.28. The molecule has 1 amide bonds.